The highest BCUT2D eigenvalue weighted by Crippen LogP contribution is 2.18. The number of aliphatic hydroxyl groups is 1. The van der Waals surface area contributed by atoms with E-state index in [1.165, 1.54) is 0 Å². The van der Waals surface area contributed by atoms with Crippen molar-refractivity contribution in [3.63, 3.8) is 0 Å². The van der Waals surface area contributed by atoms with Crippen molar-refractivity contribution in [3.05, 3.63) is 0 Å². The van der Waals surface area contributed by atoms with Gasteiger partial charge < -0.3 is 5.11 Å². The van der Waals surface area contributed by atoms with E-state index < -0.39 is 5.66 Å². The molecule has 0 fully saturated rings. The Hall–Kier alpha value is -0.700. The van der Waals surface area contributed by atoms with E-state index in [1.807, 2.05) is 6.92 Å². The average molecular weight is 126 g/mol. The SMILES string of the molecule is CCC1(CO)N=CC=N1. The van der Waals surface area contributed by atoms with Crippen molar-refractivity contribution in [1.82, 2.24) is 0 Å². The lowest BCUT2D eigenvalue weighted by Gasteiger charge is -2.16. The van der Waals surface area contributed by atoms with E-state index in [2.05, 4.69) is 9.98 Å². The second kappa shape index (κ2) is 2.27. The molecular weight excluding hydrogens is 116 g/mol. The summed E-state index contributed by atoms with van der Waals surface area (Å²) in [6.45, 7) is 1.96. The molecule has 1 aliphatic heterocycles. The molecule has 0 atom stereocenters. The molecule has 9 heavy (non-hydrogen) atoms. The van der Waals surface area contributed by atoms with Gasteiger partial charge in [-0.1, -0.05) is 6.92 Å². The van der Waals surface area contributed by atoms with Crippen LogP contribution < -0.4 is 0 Å². The minimum absolute atomic E-state index is 0.0104. The molecule has 50 valence electrons. The maximum Gasteiger partial charge on any atom is 0.172 e. The summed E-state index contributed by atoms with van der Waals surface area (Å²) in [4.78, 5) is 8.01. The Bertz CT molecular complexity index is 133. The third kappa shape index (κ3) is 1.00. The van der Waals surface area contributed by atoms with Gasteiger partial charge in [-0.15, -0.1) is 0 Å². The summed E-state index contributed by atoms with van der Waals surface area (Å²) in [5.41, 5.74) is -0.528. The smallest absolute Gasteiger partial charge is 0.172 e. The topological polar surface area (TPSA) is 45.0 Å². The molecule has 3 heteroatoms. The predicted octanol–water partition coefficient (Wildman–Crippen LogP) is 0.240. The molecule has 0 amide bonds. The first-order chi connectivity index (χ1) is 4.33. The van der Waals surface area contributed by atoms with Gasteiger partial charge in [-0.25, -0.2) is 0 Å². The van der Waals surface area contributed by atoms with Crippen LogP contribution in [-0.4, -0.2) is 29.8 Å². The normalized spacial score (nSPS) is 21.1. The van der Waals surface area contributed by atoms with Gasteiger partial charge in [0.1, 0.15) is 0 Å². The fourth-order valence-corrected chi connectivity index (χ4v) is 0.754. The van der Waals surface area contributed by atoms with Gasteiger partial charge in [0.25, 0.3) is 0 Å². The molecule has 1 aliphatic rings. The molecule has 0 aliphatic carbocycles. The van der Waals surface area contributed by atoms with Gasteiger partial charge in [0.05, 0.1) is 6.61 Å². The summed E-state index contributed by atoms with van der Waals surface area (Å²) in [6, 6.07) is 0. The first-order valence-electron chi connectivity index (χ1n) is 3.03. The molecular formula is C6H10N2O. The summed E-state index contributed by atoms with van der Waals surface area (Å²) in [5, 5.41) is 8.79. The predicted molar refractivity (Wildman–Crippen MR) is 37.1 cm³/mol. The number of aliphatic imine (C=N–C) groups is 2. The second-order valence-corrected chi connectivity index (χ2v) is 2.05. The van der Waals surface area contributed by atoms with E-state index in [4.69, 9.17) is 5.11 Å². The third-order valence-corrected chi connectivity index (χ3v) is 1.52. The first-order valence-corrected chi connectivity index (χ1v) is 3.03. The van der Waals surface area contributed by atoms with Crippen LogP contribution in [0.25, 0.3) is 0 Å². The van der Waals surface area contributed by atoms with Gasteiger partial charge in [0.2, 0.25) is 0 Å². The summed E-state index contributed by atoms with van der Waals surface area (Å²) >= 11 is 0. The van der Waals surface area contributed by atoms with E-state index in [0.717, 1.165) is 6.42 Å². The van der Waals surface area contributed by atoms with Crippen LogP contribution in [0.15, 0.2) is 9.98 Å². The maximum atomic E-state index is 8.79. The van der Waals surface area contributed by atoms with Gasteiger partial charge in [-0.2, -0.15) is 0 Å². The molecule has 0 aromatic heterocycles. The summed E-state index contributed by atoms with van der Waals surface area (Å²) in [7, 11) is 0. The van der Waals surface area contributed by atoms with E-state index in [1.54, 1.807) is 12.4 Å². The van der Waals surface area contributed by atoms with E-state index in [9.17, 15) is 0 Å². The van der Waals surface area contributed by atoms with E-state index >= 15 is 0 Å². The third-order valence-electron chi connectivity index (χ3n) is 1.52. The molecule has 0 saturated heterocycles. The molecule has 0 saturated carbocycles. The van der Waals surface area contributed by atoms with Gasteiger partial charge >= 0.3 is 0 Å². The summed E-state index contributed by atoms with van der Waals surface area (Å²) in [6.07, 6.45) is 4.01. The lowest BCUT2D eigenvalue weighted by Crippen LogP contribution is -2.25. The van der Waals surface area contributed by atoms with Crippen molar-refractivity contribution in [3.8, 4) is 0 Å². The zero-order valence-corrected chi connectivity index (χ0v) is 5.41. The van der Waals surface area contributed by atoms with E-state index in [-0.39, 0.29) is 6.61 Å². The molecule has 0 bridgehead atoms. The highest BCUT2D eigenvalue weighted by atomic mass is 16.3. The summed E-state index contributed by atoms with van der Waals surface area (Å²) < 4.78 is 0. The Morgan fingerprint density at radius 3 is 2.22 bits per heavy atom. The molecule has 1 heterocycles. The molecule has 0 spiro atoms. The Labute approximate surface area is 54.1 Å². The standard InChI is InChI=1S/C6H10N2O/c1-2-6(5-9)7-3-4-8-6/h3-4,9H,2,5H2,1H3. The fourth-order valence-electron chi connectivity index (χ4n) is 0.754. The number of nitrogens with zero attached hydrogens (tertiary/aromatic N) is 2. The second-order valence-electron chi connectivity index (χ2n) is 2.05. The van der Waals surface area contributed by atoms with Gasteiger partial charge in [-0.3, -0.25) is 9.98 Å². The Morgan fingerprint density at radius 2 is 2.00 bits per heavy atom. The molecule has 1 rings (SSSR count). The van der Waals surface area contributed by atoms with Gasteiger partial charge in [0.15, 0.2) is 5.66 Å². The number of hydrogen-bond donors (Lipinski definition) is 1. The molecule has 0 aromatic rings. The van der Waals surface area contributed by atoms with Crippen LogP contribution in [0.4, 0.5) is 0 Å². The van der Waals surface area contributed by atoms with Gasteiger partial charge in [-0.05, 0) is 6.42 Å². The average Bonchev–Trinajstić information content (AvgIpc) is 2.36. The zero-order chi connectivity index (χ0) is 6.74. The van der Waals surface area contributed by atoms with Gasteiger partial charge in [0, 0.05) is 12.4 Å². The highest BCUT2D eigenvalue weighted by Gasteiger charge is 2.25. The van der Waals surface area contributed by atoms with Crippen LogP contribution in [-0.2, 0) is 0 Å². The van der Waals surface area contributed by atoms with Crippen LogP contribution in [0.5, 0.6) is 0 Å². The molecule has 3 nitrogen and oxygen atoms in total. The summed E-state index contributed by atoms with van der Waals surface area (Å²) in [5.74, 6) is 0. The Kier molecular flexibility index (Phi) is 1.62. The molecule has 0 unspecified atom stereocenters. The van der Waals surface area contributed by atoms with Crippen LogP contribution in [0, 0.1) is 0 Å². The Balaban J connectivity index is 2.69. The highest BCUT2D eigenvalue weighted by molar-refractivity contribution is 6.17. The maximum absolute atomic E-state index is 8.79. The van der Waals surface area contributed by atoms with Crippen LogP contribution in [0.2, 0.25) is 0 Å². The van der Waals surface area contributed by atoms with Crippen molar-refractivity contribution in [2.45, 2.75) is 19.0 Å². The molecule has 1 N–H and O–H groups in total. The van der Waals surface area contributed by atoms with Crippen molar-refractivity contribution >= 4 is 12.4 Å². The fraction of sp³-hybridized carbons (Fsp3) is 0.667. The lowest BCUT2D eigenvalue weighted by atomic mass is 10.1. The zero-order valence-electron chi connectivity index (χ0n) is 5.41. The molecule has 0 radical (unpaired) electrons. The molecule has 0 aromatic carbocycles. The number of hydrogen-bond acceptors (Lipinski definition) is 3. The minimum Gasteiger partial charge on any atom is -0.392 e. The lowest BCUT2D eigenvalue weighted by molar-refractivity contribution is 0.202. The first kappa shape index (κ1) is 6.42. The Morgan fingerprint density at radius 1 is 1.44 bits per heavy atom. The van der Waals surface area contributed by atoms with E-state index in [0.29, 0.717) is 0 Å². The number of aliphatic hydroxyl groups excluding tert-OH is 1. The van der Waals surface area contributed by atoms with Crippen molar-refractivity contribution in [2.24, 2.45) is 9.98 Å². The largest absolute Gasteiger partial charge is 0.392 e. The number of rotatable bonds is 2. The van der Waals surface area contributed by atoms with Crippen molar-refractivity contribution in [2.75, 3.05) is 6.61 Å². The van der Waals surface area contributed by atoms with Crippen LogP contribution >= 0.6 is 0 Å². The quantitative estimate of drug-likeness (QED) is 0.566. The van der Waals surface area contributed by atoms with Crippen molar-refractivity contribution in [1.29, 1.82) is 0 Å². The van der Waals surface area contributed by atoms with Crippen molar-refractivity contribution < 1.29 is 5.11 Å². The monoisotopic (exact) mass is 126 g/mol. The van der Waals surface area contributed by atoms with Crippen LogP contribution in [0.3, 0.4) is 0 Å². The van der Waals surface area contributed by atoms with Crippen LogP contribution in [0.1, 0.15) is 13.3 Å². The minimum atomic E-state index is -0.528.